The number of nitrogens with zero attached hydrogens (tertiary/aromatic N) is 3. The van der Waals surface area contributed by atoms with Crippen LogP contribution in [-0.2, 0) is 4.74 Å². The summed E-state index contributed by atoms with van der Waals surface area (Å²) in [4.78, 5) is 8.18. The molecule has 0 aromatic carbocycles. The topological polar surface area (TPSA) is 116 Å². The molecule has 0 amide bonds. The number of fused-ring (bicyclic) bond motifs is 1. The number of methoxy groups -OCH3 is 1. The van der Waals surface area contributed by atoms with E-state index in [0.29, 0.717) is 22.7 Å². The Kier molecular flexibility index (Phi) is 3.90. The van der Waals surface area contributed by atoms with Gasteiger partial charge in [0.1, 0.15) is 18.2 Å². The molecule has 0 radical (unpaired) electrons. The summed E-state index contributed by atoms with van der Waals surface area (Å²) < 4.78 is 12.6. The molecule has 2 aromatic heterocycles. The van der Waals surface area contributed by atoms with Crippen LogP contribution in [0, 0.1) is 0 Å². The number of aliphatic hydroxyl groups excluding tert-OH is 2. The van der Waals surface area contributed by atoms with E-state index in [2.05, 4.69) is 32.6 Å². The molecule has 1 saturated heterocycles. The molecule has 0 spiro atoms. The van der Waals surface area contributed by atoms with Crippen LogP contribution < -0.4 is 10.5 Å². The first-order chi connectivity index (χ1) is 10.1. The van der Waals surface area contributed by atoms with Gasteiger partial charge in [0.05, 0.1) is 29.1 Å². The smallest absolute Gasteiger partial charge is 0.197 e. The highest BCUT2D eigenvalue weighted by molar-refractivity contribution is 14.1. The number of aliphatic hydroxyl groups is 2. The van der Waals surface area contributed by atoms with Gasteiger partial charge in [0, 0.05) is 6.07 Å². The van der Waals surface area contributed by atoms with Gasteiger partial charge in [0.15, 0.2) is 17.8 Å². The van der Waals surface area contributed by atoms with E-state index in [1.807, 2.05) is 0 Å². The lowest BCUT2D eigenvalue weighted by atomic mass is 10.2. The Morgan fingerprint density at radius 3 is 2.90 bits per heavy atom. The summed E-state index contributed by atoms with van der Waals surface area (Å²) >= 11 is 2.10. The average molecular weight is 406 g/mol. The number of hydrogen-bond acceptors (Lipinski definition) is 7. The summed E-state index contributed by atoms with van der Waals surface area (Å²) in [5.41, 5.74) is 6.42. The van der Waals surface area contributed by atoms with E-state index < -0.39 is 18.4 Å². The predicted octanol–water partition coefficient (Wildman–Crippen LogP) is 0.0763. The number of alkyl halides is 1. The number of hydrogen-bond donors (Lipinski definition) is 3. The molecule has 21 heavy (non-hydrogen) atoms. The minimum Gasteiger partial charge on any atom is -0.482 e. The van der Waals surface area contributed by atoms with Crippen molar-refractivity contribution in [3.05, 3.63) is 12.4 Å². The zero-order chi connectivity index (χ0) is 15.1. The van der Waals surface area contributed by atoms with Crippen molar-refractivity contribution in [1.82, 2.24) is 14.5 Å². The van der Waals surface area contributed by atoms with Gasteiger partial charge in [-0.1, -0.05) is 22.6 Å². The molecule has 1 aliphatic rings. The summed E-state index contributed by atoms with van der Waals surface area (Å²) in [6.45, 7) is -0.254. The van der Waals surface area contributed by atoms with Crippen molar-refractivity contribution < 1.29 is 19.7 Å². The summed E-state index contributed by atoms with van der Waals surface area (Å²) in [5.74, 6) is 0.856. The third-order valence-electron chi connectivity index (χ3n) is 3.56. The van der Waals surface area contributed by atoms with Gasteiger partial charge in [-0.05, 0) is 0 Å². The quantitative estimate of drug-likeness (QED) is 0.488. The molecule has 4 N–H and O–H groups in total. The monoisotopic (exact) mass is 406 g/mol. The van der Waals surface area contributed by atoms with Crippen LogP contribution in [0.3, 0.4) is 0 Å². The second-order valence-corrected chi connectivity index (χ2v) is 6.17. The average Bonchev–Trinajstić information content (AvgIpc) is 2.99. The number of anilines is 1. The second-order valence-electron chi connectivity index (χ2n) is 4.74. The van der Waals surface area contributed by atoms with Crippen molar-refractivity contribution in [2.75, 3.05) is 19.5 Å². The third kappa shape index (κ3) is 2.24. The fourth-order valence-corrected chi connectivity index (χ4v) is 3.45. The molecule has 1 unspecified atom stereocenters. The molecule has 1 aliphatic heterocycles. The van der Waals surface area contributed by atoms with Crippen LogP contribution in [-0.4, -0.2) is 54.6 Å². The van der Waals surface area contributed by atoms with Crippen molar-refractivity contribution in [2.24, 2.45) is 0 Å². The van der Waals surface area contributed by atoms with Crippen molar-refractivity contribution in [1.29, 1.82) is 0 Å². The first kappa shape index (κ1) is 14.8. The molecule has 3 heterocycles. The SMILES string of the molecule is COc1cc2c(N)ncnc2n1[C@@H]1O[C@H](CO)[C@H](O)C1I. The van der Waals surface area contributed by atoms with Crippen LogP contribution in [0.4, 0.5) is 5.82 Å². The molecule has 114 valence electrons. The number of nitrogen functional groups attached to an aromatic ring is 1. The molecule has 8 nitrogen and oxygen atoms in total. The Balaban J connectivity index is 2.14. The molecule has 9 heteroatoms. The number of rotatable bonds is 3. The van der Waals surface area contributed by atoms with Gasteiger partial charge in [0.2, 0.25) is 0 Å². The first-order valence-corrected chi connectivity index (χ1v) is 7.57. The molecule has 0 saturated carbocycles. The molecular formula is C12H15IN4O4. The minimum atomic E-state index is -0.776. The maximum atomic E-state index is 10.1. The van der Waals surface area contributed by atoms with Gasteiger partial charge in [-0.2, -0.15) is 0 Å². The number of nitrogens with two attached hydrogens (primary N) is 1. The third-order valence-corrected chi connectivity index (χ3v) is 4.92. The van der Waals surface area contributed by atoms with Crippen molar-refractivity contribution >= 4 is 39.4 Å². The Morgan fingerprint density at radius 2 is 2.29 bits per heavy atom. The van der Waals surface area contributed by atoms with E-state index in [1.54, 1.807) is 10.6 Å². The number of ether oxygens (including phenoxy) is 2. The standard InChI is InChI=1S/C12H15IN4O4/c1-20-7-2-5-10(14)15-4-16-11(5)17(7)12-8(13)9(19)6(3-18)21-12/h2,4,6,8-9,12,18-19H,3H2,1H3,(H2,14,15,16)/t6-,8?,9+,12-/m1/s1. The van der Waals surface area contributed by atoms with Gasteiger partial charge in [-0.3, -0.25) is 4.57 Å². The maximum absolute atomic E-state index is 10.1. The van der Waals surface area contributed by atoms with Gasteiger partial charge in [-0.15, -0.1) is 0 Å². The maximum Gasteiger partial charge on any atom is 0.197 e. The van der Waals surface area contributed by atoms with Crippen molar-refractivity contribution in [3.8, 4) is 5.88 Å². The second kappa shape index (κ2) is 5.55. The van der Waals surface area contributed by atoms with E-state index in [-0.39, 0.29) is 10.5 Å². The Morgan fingerprint density at radius 1 is 1.52 bits per heavy atom. The highest BCUT2D eigenvalue weighted by Gasteiger charge is 2.44. The van der Waals surface area contributed by atoms with E-state index in [1.165, 1.54) is 13.4 Å². The van der Waals surface area contributed by atoms with Crippen molar-refractivity contribution in [2.45, 2.75) is 22.4 Å². The lowest BCUT2D eigenvalue weighted by Gasteiger charge is -2.19. The molecule has 2 aromatic rings. The highest BCUT2D eigenvalue weighted by Crippen LogP contribution is 2.40. The van der Waals surface area contributed by atoms with Crippen LogP contribution in [0.15, 0.2) is 12.4 Å². The molecule has 1 fully saturated rings. The van der Waals surface area contributed by atoms with Crippen molar-refractivity contribution in [3.63, 3.8) is 0 Å². The summed E-state index contributed by atoms with van der Waals surface area (Å²) in [6, 6.07) is 1.73. The summed E-state index contributed by atoms with van der Waals surface area (Å²) in [7, 11) is 1.53. The first-order valence-electron chi connectivity index (χ1n) is 6.32. The van der Waals surface area contributed by atoms with E-state index >= 15 is 0 Å². The molecule has 0 bridgehead atoms. The van der Waals surface area contributed by atoms with Gasteiger partial charge < -0.3 is 25.4 Å². The van der Waals surface area contributed by atoms with Crippen LogP contribution in [0.25, 0.3) is 11.0 Å². The fraction of sp³-hybridized carbons (Fsp3) is 0.500. The van der Waals surface area contributed by atoms with Gasteiger partial charge >= 0.3 is 0 Å². The van der Waals surface area contributed by atoms with Gasteiger partial charge in [0.25, 0.3) is 0 Å². The van der Waals surface area contributed by atoms with Gasteiger partial charge in [-0.25, -0.2) is 9.97 Å². The molecule has 4 atom stereocenters. The molecule has 0 aliphatic carbocycles. The number of aromatic nitrogens is 3. The van der Waals surface area contributed by atoms with E-state index in [9.17, 15) is 10.2 Å². The predicted molar refractivity (Wildman–Crippen MR) is 83.3 cm³/mol. The Hall–Kier alpha value is -1.17. The van der Waals surface area contributed by atoms with Crippen LogP contribution in [0.5, 0.6) is 5.88 Å². The molecular weight excluding hydrogens is 391 g/mol. The lowest BCUT2D eigenvalue weighted by Crippen LogP contribution is -2.29. The van der Waals surface area contributed by atoms with E-state index in [4.69, 9.17) is 15.2 Å². The summed E-state index contributed by atoms with van der Waals surface area (Å²) in [6.07, 6.45) is -0.565. The largest absolute Gasteiger partial charge is 0.482 e. The summed E-state index contributed by atoms with van der Waals surface area (Å²) in [5, 5.41) is 20.0. The lowest BCUT2D eigenvalue weighted by molar-refractivity contribution is -0.0444. The zero-order valence-corrected chi connectivity index (χ0v) is 13.3. The number of halogens is 1. The van der Waals surface area contributed by atoms with Crippen LogP contribution in [0.2, 0.25) is 0 Å². The zero-order valence-electron chi connectivity index (χ0n) is 11.2. The Labute approximate surface area is 134 Å². The molecule has 3 rings (SSSR count). The fourth-order valence-electron chi connectivity index (χ4n) is 2.49. The minimum absolute atomic E-state index is 0.254. The Bertz CT molecular complexity index is 664. The normalized spacial score (nSPS) is 29.1. The van der Waals surface area contributed by atoms with E-state index in [0.717, 1.165) is 0 Å². The van der Waals surface area contributed by atoms with Crippen LogP contribution >= 0.6 is 22.6 Å². The highest BCUT2D eigenvalue weighted by atomic mass is 127. The van der Waals surface area contributed by atoms with Crippen LogP contribution in [0.1, 0.15) is 6.23 Å².